The Morgan fingerprint density at radius 2 is 2.00 bits per heavy atom. The highest BCUT2D eigenvalue weighted by Gasteiger charge is 1.88. The maximum atomic E-state index is 5.22. The monoisotopic (exact) mass is 189 g/mol. The van der Waals surface area contributed by atoms with E-state index in [0.29, 0.717) is 0 Å². The molecule has 0 atom stereocenters. The van der Waals surface area contributed by atoms with E-state index in [1.54, 1.807) is 24.5 Å². The summed E-state index contributed by atoms with van der Waals surface area (Å²) in [4.78, 5) is 3.83. The van der Waals surface area contributed by atoms with Crippen LogP contribution >= 0.6 is 24.6 Å². The van der Waals surface area contributed by atoms with Gasteiger partial charge in [0.1, 0.15) is 0 Å². The average molecular weight is 190 g/mol. The Kier molecular flexibility index (Phi) is 4.49. The van der Waals surface area contributed by atoms with E-state index in [1.165, 1.54) is 0 Å². The van der Waals surface area contributed by atoms with Gasteiger partial charge in [-0.05, 0) is 24.4 Å². The number of pyridine rings is 1. The number of rotatable bonds is 1. The molecule has 1 rings (SSSR count). The van der Waals surface area contributed by atoms with Gasteiger partial charge in [0.25, 0.3) is 0 Å². The molecule has 1 aromatic heterocycles. The smallest absolute Gasteiger partial charge is 0.168 e. The van der Waals surface area contributed by atoms with Gasteiger partial charge in [0.15, 0.2) is 5.11 Å². The van der Waals surface area contributed by atoms with Gasteiger partial charge in [-0.2, -0.15) is 0 Å². The van der Waals surface area contributed by atoms with Crippen molar-refractivity contribution in [3.8, 4) is 0 Å². The van der Waals surface area contributed by atoms with Crippen molar-refractivity contribution in [2.24, 2.45) is 5.73 Å². The van der Waals surface area contributed by atoms with E-state index in [-0.39, 0.29) is 17.5 Å². The average Bonchev–Trinajstić information content (AvgIpc) is 1.88. The minimum Gasteiger partial charge on any atom is -0.376 e. The molecule has 0 bridgehead atoms. The summed E-state index contributed by atoms with van der Waals surface area (Å²) in [6.45, 7) is 0. The summed E-state index contributed by atoms with van der Waals surface area (Å²) in [6, 6.07) is 3.58. The van der Waals surface area contributed by atoms with E-state index >= 15 is 0 Å². The van der Waals surface area contributed by atoms with Crippen LogP contribution in [0.25, 0.3) is 0 Å². The predicted molar refractivity (Wildman–Crippen MR) is 51.9 cm³/mol. The van der Waals surface area contributed by atoms with E-state index in [0.717, 1.165) is 5.69 Å². The maximum absolute atomic E-state index is 5.22. The molecule has 0 aromatic carbocycles. The van der Waals surface area contributed by atoms with Gasteiger partial charge in [0, 0.05) is 18.1 Å². The summed E-state index contributed by atoms with van der Waals surface area (Å²) in [5.74, 6) is 0. The number of nitrogens with two attached hydrogens (primary N) is 1. The van der Waals surface area contributed by atoms with Crippen molar-refractivity contribution in [2.45, 2.75) is 0 Å². The highest BCUT2D eigenvalue weighted by atomic mass is 35.5. The number of anilines is 1. The van der Waals surface area contributed by atoms with Crippen molar-refractivity contribution >= 4 is 35.4 Å². The number of nitrogens with zero attached hydrogens (tertiary/aromatic N) is 1. The van der Waals surface area contributed by atoms with Crippen LogP contribution in [0.3, 0.4) is 0 Å². The Morgan fingerprint density at radius 1 is 1.45 bits per heavy atom. The van der Waals surface area contributed by atoms with Gasteiger partial charge in [0.05, 0.1) is 0 Å². The van der Waals surface area contributed by atoms with Crippen LogP contribution in [-0.4, -0.2) is 10.1 Å². The van der Waals surface area contributed by atoms with Gasteiger partial charge in [-0.25, -0.2) is 0 Å². The van der Waals surface area contributed by atoms with Gasteiger partial charge in [0.2, 0.25) is 0 Å². The molecule has 0 radical (unpaired) electrons. The van der Waals surface area contributed by atoms with Crippen molar-refractivity contribution in [1.82, 2.24) is 4.98 Å². The van der Waals surface area contributed by atoms with Gasteiger partial charge < -0.3 is 11.1 Å². The number of thiocarbonyl (C=S) groups is 1. The normalized spacial score (nSPS) is 8.00. The molecule has 0 aliphatic rings. The molecule has 1 aromatic rings. The summed E-state index contributed by atoms with van der Waals surface area (Å²) >= 11 is 4.62. The zero-order valence-corrected chi connectivity index (χ0v) is 7.28. The molecular formula is C6H8ClN3S. The molecule has 1 heterocycles. The summed E-state index contributed by atoms with van der Waals surface area (Å²) in [5, 5.41) is 3.04. The highest BCUT2D eigenvalue weighted by molar-refractivity contribution is 7.80. The number of aromatic nitrogens is 1. The third kappa shape index (κ3) is 3.75. The van der Waals surface area contributed by atoms with Crippen LogP contribution in [0.5, 0.6) is 0 Å². The Labute approximate surface area is 76.4 Å². The lowest BCUT2D eigenvalue weighted by Gasteiger charge is -2.00. The molecule has 0 fully saturated rings. The lowest BCUT2D eigenvalue weighted by atomic mass is 10.4. The Hall–Kier alpha value is -0.870. The largest absolute Gasteiger partial charge is 0.376 e. The molecule has 11 heavy (non-hydrogen) atoms. The zero-order chi connectivity index (χ0) is 7.40. The van der Waals surface area contributed by atoms with E-state index < -0.39 is 0 Å². The Morgan fingerprint density at radius 3 is 2.45 bits per heavy atom. The van der Waals surface area contributed by atoms with Gasteiger partial charge in [-0.15, -0.1) is 12.4 Å². The predicted octanol–water partition coefficient (Wildman–Crippen LogP) is 1.16. The summed E-state index contributed by atoms with van der Waals surface area (Å²) in [6.07, 6.45) is 3.33. The SMILES string of the molecule is Cl.NC(=S)Nc1ccncc1. The highest BCUT2D eigenvalue weighted by Crippen LogP contribution is 2.01. The molecule has 0 aliphatic carbocycles. The van der Waals surface area contributed by atoms with Crippen LogP contribution in [0.15, 0.2) is 24.5 Å². The molecular weight excluding hydrogens is 182 g/mol. The minimum atomic E-state index is 0. The van der Waals surface area contributed by atoms with Crippen molar-refractivity contribution in [3.05, 3.63) is 24.5 Å². The lowest BCUT2D eigenvalue weighted by Crippen LogP contribution is -2.18. The number of halogens is 1. The van der Waals surface area contributed by atoms with E-state index in [1.807, 2.05) is 0 Å². The second-order valence-electron chi connectivity index (χ2n) is 1.73. The minimum absolute atomic E-state index is 0. The quantitative estimate of drug-likeness (QED) is 0.651. The lowest BCUT2D eigenvalue weighted by molar-refractivity contribution is 1.33. The van der Waals surface area contributed by atoms with Crippen molar-refractivity contribution < 1.29 is 0 Å². The molecule has 0 spiro atoms. The van der Waals surface area contributed by atoms with Crippen LogP contribution in [0.2, 0.25) is 0 Å². The first kappa shape index (κ1) is 10.1. The fraction of sp³-hybridized carbons (Fsp3) is 0. The molecule has 5 heteroatoms. The molecule has 0 aliphatic heterocycles. The van der Waals surface area contributed by atoms with Gasteiger partial charge in [-0.1, -0.05) is 0 Å². The van der Waals surface area contributed by atoms with Crippen LogP contribution in [-0.2, 0) is 0 Å². The van der Waals surface area contributed by atoms with Crippen LogP contribution < -0.4 is 11.1 Å². The van der Waals surface area contributed by atoms with Crippen molar-refractivity contribution in [2.75, 3.05) is 5.32 Å². The molecule has 3 nitrogen and oxygen atoms in total. The first-order chi connectivity index (χ1) is 4.79. The zero-order valence-electron chi connectivity index (χ0n) is 5.65. The van der Waals surface area contributed by atoms with Gasteiger partial charge >= 0.3 is 0 Å². The van der Waals surface area contributed by atoms with Crippen LogP contribution in [0.1, 0.15) is 0 Å². The second kappa shape index (κ2) is 4.87. The summed E-state index contributed by atoms with van der Waals surface area (Å²) in [5.41, 5.74) is 6.09. The fourth-order valence-corrected chi connectivity index (χ4v) is 0.695. The molecule has 0 saturated heterocycles. The molecule has 3 N–H and O–H groups in total. The van der Waals surface area contributed by atoms with Crippen LogP contribution in [0.4, 0.5) is 5.69 Å². The van der Waals surface area contributed by atoms with E-state index in [9.17, 15) is 0 Å². The second-order valence-corrected chi connectivity index (χ2v) is 2.16. The molecule has 60 valence electrons. The van der Waals surface area contributed by atoms with Crippen molar-refractivity contribution in [3.63, 3.8) is 0 Å². The number of hydrogen-bond acceptors (Lipinski definition) is 2. The number of nitrogens with one attached hydrogen (secondary N) is 1. The van der Waals surface area contributed by atoms with Crippen LogP contribution in [0, 0.1) is 0 Å². The van der Waals surface area contributed by atoms with E-state index in [4.69, 9.17) is 5.73 Å². The Bertz CT molecular complexity index is 227. The fourth-order valence-electron chi connectivity index (χ4n) is 0.578. The van der Waals surface area contributed by atoms with E-state index in [2.05, 4.69) is 22.5 Å². The molecule has 0 amide bonds. The standard InChI is InChI=1S/C6H7N3S.ClH/c7-6(10)9-5-1-3-8-4-2-5;/h1-4H,(H3,7,8,9,10);1H. The van der Waals surface area contributed by atoms with Gasteiger partial charge in [-0.3, -0.25) is 4.98 Å². The summed E-state index contributed by atoms with van der Waals surface area (Å²) < 4.78 is 0. The number of hydrogen-bond donors (Lipinski definition) is 2. The Balaban J connectivity index is 0.000001000. The summed E-state index contributed by atoms with van der Waals surface area (Å²) in [7, 11) is 0. The maximum Gasteiger partial charge on any atom is 0.168 e. The molecule has 0 saturated carbocycles. The topological polar surface area (TPSA) is 50.9 Å². The third-order valence-corrected chi connectivity index (χ3v) is 1.05. The third-order valence-electron chi connectivity index (χ3n) is 0.948. The molecule has 0 unspecified atom stereocenters. The first-order valence-electron chi connectivity index (χ1n) is 2.75. The first-order valence-corrected chi connectivity index (χ1v) is 3.16. The van der Waals surface area contributed by atoms with Crippen molar-refractivity contribution in [1.29, 1.82) is 0 Å².